The number of aliphatic hydroxyl groups excluding tert-OH is 1. The first-order valence-corrected chi connectivity index (χ1v) is 5.81. The topological polar surface area (TPSA) is 60.9 Å². The van der Waals surface area contributed by atoms with Crippen molar-refractivity contribution in [3.8, 4) is 0 Å². The van der Waals surface area contributed by atoms with Crippen molar-refractivity contribution in [3.05, 3.63) is 0 Å². The molecule has 2 rings (SSSR count). The van der Waals surface area contributed by atoms with Crippen molar-refractivity contribution in [3.63, 3.8) is 0 Å². The minimum Gasteiger partial charge on any atom is -0.391 e. The van der Waals surface area contributed by atoms with Crippen molar-refractivity contribution in [1.82, 2.24) is 9.80 Å². The van der Waals surface area contributed by atoms with E-state index in [2.05, 4.69) is 0 Å². The number of aliphatic hydroxyl groups is 1. The number of piperidine rings is 1. The molecule has 0 aliphatic carbocycles. The van der Waals surface area contributed by atoms with Gasteiger partial charge in [-0.25, -0.2) is 0 Å². The zero-order valence-electron chi connectivity index (χ0n) is 9.56. The fourth-order valence-electron chi connectivity index (χ4n) is 2.56. The second-order valence-electron chi connectivity index (χ2n) is 4.64. The van der Waals surface area contributed by atoms with Gasteiger partial charge in [-0.05, 0) is 12.8 Å². The van der Waals surface area contributed by atoms with Gasteiger partial charge in [0.2, 0.25) is 11.8 Å². The Kier molecular flexibility index (Phi) is 3.14. The molecule has 0 radical (unpaired) electrons. The summed E-state index contributed by atoms with van der Waals surface area (Å²) in [4.78, 5) is 26.3. The number of hydrogen-bond donors (Lipinski definition) is 1. The van der Waals surface area contributed by atoms with Gasteiger partial charge in [-0.15, -0.1) is 0 Å². The van der Waals surface area contributed by atoms with Gasteiger partial charge in [0.05, 0.1) is 12.5 Å². The summed E-state index contributed by atoms with van der Waals surface area (Å²) in [6.45, 7) is 3.48. The van der Waals surface area contributed by atoms with Gasteiger partial charge in [0.1, 0.15) is 0 Å². The molecule has 2 aliphatic rings. The van der Waals surface area contributed by atoms with Crippen LogP contribution in [-0.4, -0.2) is 58.5 Å². The van der Waals surface area contributed by atoms with Gasteiger partial charge in [-0.1, -0.05) is 0 Å². The molecule has 2 amide bonds. The summed E-state index contributed by atoms with van der Waals surface area (Å²) in [5, 5.41) is 9.41. The summed E-state index contributed by atoms with van der Waals surface area (Å²) in [5.74, 6) is 0.153. The van der Waals surface area contributed by atoms with Crippen molar-refractivity contribution in [2.45, 2.75) is 38.3 Å². The van der Waals surface area contributed by atoms with Crippen LogP contribution in [0.3, 0.4) is 0 Å². The molecule has 2 heterocycles. The van der Waals surface area contributed by atoms with Gasteiger partial charge in [0.15, 0.2) is 0 Å². The highest BCUT2D eigenvalue weighted by Crippen LogP contribution is 2.22. The van der Waals surface area contributed by atoms with Crippen molar-refractivity contribution >= 4 is 11.8 Å². The molecule has 5 nitrogen and oxygen atoms in total. The molecule has 90 valence electrons. The highest BCUT2D eigenvalue weighted by Gasteiger charge is 2.35. The Labute approximate surface area is 95.0 Å². The first-order chi connectivity index (χ1) is 7.58. The Morgan fingerprint density at radius 2 is 2.00 bits per heavy atom. The Balaban J connectivity index is 1.89. The van der Waals surface area contributed by atoms with Crippen LogP contribution in [0.5, 0.6) is 0 Å². The minimum absolute atomic E-state index is 0.0498. The molecular formula is C11H18N2O3. The van der Waals surface area contributed by atoms with E-state index in [9.17, 15) is 14.7 Å². The maximum Gasteiger partial charge on any atom is 0.225 e. The number of carbonyl (C=O) groups excluding carboxylic acids is 2. The lowest BCUT2D eigenvalue weighted by Crippen LogP contribution is -2.46. The van der Waals surface area contributed by atoms with Crippen LogP contribution in [0.25, 0.3) is 0 Å². The predicted molar refractivity (Wildman–Crippen MR) is 57.6 cm³/mol. The Bertz CT molecular complexity index is 298. The van der Waals surface area contributed by atoms with E-state index in [1.807, 2.05) is 4.90 Å². The van der Waals surface area contributed by atoms with E-state index in [-0.39, 0.29) is 24.3 Å². The number of amides is 2. The summed E-state index contributed by atoms with van der Waals surface area (Å²) >= 11 is 0. The fourth-order valence-corrected chi connectivity index (χ4v) is 2.56. The average molecular weight is 226 g/mol. The van der Waals surface area contributed by atoms with Crippen molar-refractivity contribution in [2.24, 2.45) is 0 Å². The van der Waals surface area contributed by atoms with Crippen LogP contribution in [0, 0.1) is 0 Å². The smallest absolute Gasteiger partial charge is 0.225 e. The van der Waals surface area contributed by atoms with E-state index in [1.54, 1.807) is 11.8 Å². The van der Waals surface area contributed by atoms with Crippen LogP contribution in [0.4, 0.5) is 0 Å². The van der Waals surface area contributed by atoms with Crippen molar-refractivity contribution in [2.75, 3.05) is 19.6 Å². The second-order valence-corrected chi connectivity index (χ2v) is 4.64. The Morgan fingerprint density at radius 1 is 1.38 bits per heavy atom. The molecule has 0 aromatic rings. The molecule has 2 aliphatic heterocycles. The number of hydrogen-bond acceptors (Lipinski definition) is 3. The maximum atomic E-state index is 11.6. The average Bonchev–Trinajstić information content (AvgIpc) is 2.58. The lowest BCUT2D eigenvalue weighted by molar-refractivity contribution is -0.133. The Hall–Kier alpha value is -1.10. The van der Waals surface area contributed by atoms with Gasteiger partial charge >= 0.3 is 0 Å². The quantitative estimate of drug-likeness (QED) is 0.661. The molecule has 0 bridgehead atoms. The fraction of sp³-hybridized carbons (Fsp3) is 0.818. The summed E-state index contributed by atoms with van der Waals surface area (Å²) in [7, 11) is 0. The van der Waals surface area contributed by atoms with Gasteiger partial charge in [-0.3, -0.25) is 9.59 Å². The van der Waals surface area contributed by atoms with Crippen LogP contribution in [-0.2, 0) is 9.59 Å². The van der Waals surface area contributed by atoms with Gasteiger partial charge in [0.25, 0.3) is 0 Å². The molecule has 1 atom stereocenters. The Morgan fingerprint density at radius 3 is 2.44 bits per heavy atom. The minimum atomic E-state index is -0.502. The molecule has 0 aromatic carbocycles. The zero-order chi connectivity index (χ0) is 11.7. The molecular weight excluding hydrogens is 208 g/mol. The number of carbonyl (C=O) groups is 2. The van der Waals surface area contributed by atoms with E-state index in [1.165, 1.54) is 0 Å². The van der Waals surface area contributed by atoms with Crippen molar-refractivity contribution < 1.29 is 14.7 Å². The molecule has 0 aromatic heterocycles. The molecule has 0 saturated carbocycles. The molecule has 1 unspecified atom stereocenters. The molecule has 5 heteroatoms. The summed E-state index contributed by atoms with van der Waals surface area (Å²) in [5.41, 5.74) is 0. The van der Waals surface area contributed by atoms with E-state index >= 15 is 0 Å². The molecule has 16 heavy (non-hydrogen) atoms. The summed E-state index contributed by atoms with van der Waals surface area (Å²) in [6, 6.07) is 0.209. The number of β-amino-alcohol motifs (C(OH)–C–C–N with tert-alkyl or cyclic N) is 1. The molecule has 2 saturated heterocycles. The highest BCUT2D eigenvalue weighted by molar-refractivity contribution is 5.79. The van der Waals surface area contributed by atoms with Gasteiger partial charge in [-0.2, -0.15) is 0 Å². The number of likely N-dealkylation sites (tertiary alicyclic amines) is 2. The van der Waals surface area contributed by atoms with Gasteiger partial charge in [0, 0.05) is 32.6 Å². The lowest BCUT2D eigenvalue weighted by Gasteiger charge is -2.36. The molecule has 1 N–H and O–H groups in total. The van der Waals surface area contributed by atoms with E-state index in [4.69, 9.17) is 0 Å². The first-order valence-electron chi connectivity index (χ1n) is 5.81. The highest BCUT2D eigenvalue weighted by atomic mass is 16.3. The van der Waals surface area contributed by atoms with Crippen LogP contribution in [0.2, 0.25) is 0 Å². The third-order valence-electron chi connectivity index (χ3n) is 3.49. The maximum absolute atomic E-state index is 11.6. The number of nitrogens with zero attached hydrogens (tertiary/aromatic N) is 2. The standard InChI is InChI=1S/C11H18N2O3/c1-8(14)12-4-2-9(3-5-12)13-7-10(15)6-11(13)16/h9-10,15H,2-7H2,1H3. The number of rotatable bonds is 1. The van der Waals surface area contributed by atoms with Crippen LogP contribution in [0.15, 0.2) is 0 Å². The second kappa shape index (κ2) is 4.41. The zero-order valence-corrected chi connectivity index (χ0v) is 9.56. The van der Waals surface area contributed by atoms with Crippen LogP contribution in [0.1, 0.15) is 26.2 Å². The summed E-state index contributed by atoms with van der Waals surface area (Å²) in [6.07, 6.45) is 1.42. The van der Waals surface area contributed by atoms with E-state index in [0.717, 1.165) is 25.9 Å². The van der Waals surface area contributed by atoms with Crippen LogP contribution >= 0.6 is 0 Å². The normalized spacial score (nSPS) is 27.6. The predicted octanol–water partition coefficient (Wildman–Crippen LogP) is -0.410. The van der Waals surface area contributed by atoms with Crippen LogP contribution < -0.4 is 0 Å². The lowest BCUT2D eigenvalue weighted by atomic mass is 10.0. The first kappa shape index (κ1) is 11.4. The van der Waals surface area contributed by atoms with E-state index in [0.29, 0.717) is 6.54 Å². The van der Waals surface area contributed by atoms with Crippen molar-refractivity contribution in [1.29, 1.82) is 0 Å². The third-order valence-corrected chi connectivity index (χ3v) is 3.49. The van der Waals surface area contributed by atoms with E-state index < -0.39 is 6.10 Å². The summed E-state index contributed by atoms with van der Waals surface area (Å²) < 4.78 is 0. The largest absolute Gasteiger partial charge is 0.391 e. The SMILES string of the molecule is CC(=O)N1CCC(N2CC(O)CC2=O)CC1. The molecule has 2 fully saturated rings. The molecule has 0 spiro atoms. The third kappa shape index (κ3) is 2.19. The monoisotopic (exact) mass is 226 g/mol. The van der Waals surface area contributed by atoms with Gasteiger partial charge < -0.3 is 14.9 Å².